The zero-order valence-corrected chi connectivity index (χ0v) is 31.5. The summed E-state index contributed by atoms with van der Waals surface area (Å²) in [6.07, 6.45) is 3.97. The van der Waals surface area contributed by atoms with Gasteiger partial charge in [0, 0.05) is 37.4 Å². The summed E-state index contributed by atoms with van der Waals surface area (Å²) in [6.45, 7) is 9.01. The summed E-state index contributed by atoms with van der Waals surface area (Å²) in [5.74, 6) is 0. The zero-order valence-electron chi connectivity index (χ0n) is 29.8. The van der Waals surface area contributed by atoms with Crippen LogP contribution in [-0.4, -0.2) is 101 Å². The molecule has 2 aliphatic rings. The van der Waals surface area contributed by atoms with Gasteiger partial charge in [0.2, 0.25) is 43.6 Å². The summed E-state index contributed by atoms with van der Waals surface area (Å²) in [5, 5.41) is 13.4. The van der Waals surface area contributed by atoms with Gasteiger partial charge < -0.3 is 9.11 Å². The topological polar surface area (TPSA) is 170 Å². The molecular formula is C34H44N6O8S2. The zero-order chi connectivity index (χ0) is 37.7. The first-order chi connectivity index (χ1) is 23.2. The molecule has 0 saturated heterocycles. The summed E-state index contributed by atoms with van der Waals surface area (Å²) in [4.78, 5) is 0. The number of anilines is 2. The van der Waals surface area contributed by atoms with E-state index in [0.717, 1.165) is 25.6 Å². The standard InChI is InChI=1S/C32H38N6.2CH4O4S/c1-31(2)25-13-9-11-15-27(25)35(5)29(31)21-33-37(7)23-17-19-24(20-18-23)38(8)34-22-30-32(3,4)26-14-10-12-16-28(26)36(30)6;2*1-5-6(2,3)4/h9-22H,1-8H3;2*1H3,(H,2,3,4)/q+2;;/p-2. The van der Waals surface area contributed by atoms with Crippen molar-refractivity contribution in [3.63, 3.8) is 0 Å². The van der Waals surface area contributed by atoms with Crippen molar-refractivity contribution < 1.29 is 43.5 Å². The van der Waals surface area contributed by atoms with E-state index in [1.165, 1.54) is 33.9 Å². The molecule has 16 heteroatoms. The van der Waals surface area contributed by atoms with E-state index < -0.39 is 20.8 Å². The molecule has 0 aliphatic carbocycles. The SMILES string of the molecule is CN(/N=C/C1=[N+](C)c2ccccc2C1(C)C)c1ccc(N(C)/N=C/C2=[N+](C)c3ccccc3C2(C)C)cc1.COS(=O)(=O)[O-].COS(=O)(=O)[O-]. The average molecular weight is 729 g/mol. The number of benzene rings is 3. The third kappa shape index (κ3) is 9.47. The van der Waals surface area contributed by atoms with Gasteiger partial charge >= 0.3 is 0 Å². The molecule has 0 bridgehead atoms. The Balaban J connectivity index is 0.000000485. The second kappa shape index (κ2) is 15.7. The van der Waals surface area contributed by atoms with Crippen LogP contribution >= 0.6 is 0 Å². The van der Waals surface area contributed by atoms with Crippen LogP contribution in [0.1, 0.15) is 38.8 Å². The number of nitrogens with zero attached hydrogens (tertiary/aromatic N) is 6. The van der Waals surface area contributed by atoms with E-state index in [0.29, 0.717) is 0 Å². The summed E-state index contributed by atoms with van der Waals surface area (Å²) in [5.41, 5.74) is 9.32. The number of rotatable bonds is 8. The molecule has 0 unspecified atom stereocenters. The van der Waals surface area contributed by atoms with Crippen molar-refractivity contribution in [2.75, 3.05) is 52.4 Å². The maximum absolute atomic E-state index is 9.22. The number of para-hydroxylation sites is 2. The van der Waals surface area contributed by atoms with Gasteiger partial charge in [-0.25, -0.2) is 16.8 Å². The first-order valence-electron chi connectivity index (χ1n) is 15.3. The predicted molar refractivity (Wildman–Crippen MR) is 194 cm³/mol. The van der Waals surface area contributed by atoms with E-state index in [-0.39, 0.29) is 10.8 Å². The predicted octanol–water partition coefficient (Wildman–Crippen LogP) is 4.13. The molecule has 0 radical (unpaired) electrons. The van der Waals surface area contributed by atoms with Gasteiger partial charge in [0.25, 0.3) is 0 Å². The highest BCUT2D eigenvalue weighted by molar-refractivity contribution is 7.81. The van der Waals surface area contributed by atoms with Gasteiger partial charge in [-0.3, -0.25) is 18.4 Å². The molecule has 0 fully saturated rings. The lowest BCUT2D eigenvalue weighted by Crippen LogP contribution is -2.30. The first kappa shape index (κ1) is 40.1. The van der Waals surface area contributed by atoms with E-state index in [9.17, 15) is 25.9 Å². The molecule has 50 heavy (non-hydrogen) atoms. The largest absolute Gasteiger partial charge is 0.726 e. The van der Waals surface area contributed by atoms with Gasteiger partial charge in [-0.05, 0) is 52.0 Å². The van der Waals surface area contributed by atoms with Crippen molar-refractivity contribution in [2.24, 2.45) is 10.2 Å². The summed E-state index contributed by atoms with van der Waals surface area (Å²) < 4.78 is 66.5. The molecule has 3 aromatic carbocycles. The van der Waals surface area contributed by atoms with Crippen molar-refractivity contribution in [1.29, 1.82) is 0 Å². The van der Waals surface area contributed by atoms with E-state index >= 15 is 0 Å². The van der Waals surface area contributed by atoms with Crippen LogP contribution in [0.3, 0.4) is 0 Å². The van der Waals surface area contributed by atoms with E-state index in [1.807, 2.05) is 36.5 Å². The van der Waals surface area contributed by atoms with Crippen molar-refractivity contribution in [3.05, 3.63) is 83.9 Å². The number of hydrogen-bond acceptors (Lipinski definition) is 12. The summed E-state index contributed by atoms with van der Waals surface area (Å²) in [6, 6.07) is 25.5. The Morgan fingerprint density at radius 1 is 0.620 bits per heavy atom. The van der Waals surface area contributed by atoms with Gasteiger partial charge in [-0.2, -0.15) is 19.4 Å². The maximum atomic E-state index is 9.22. The van der Waals surface area contributed by atoms with Crippen LogP contribution in [0.2, 0.25) is 0 Å². The van der Waals surface area contributed by atoms with Gasteiger partial charge in [0.15, 0.2) is 0 Å². The Bertz CT molecular complexity index is 1890. The fraction of sp³-hybridized carbons (Fsp3) is 0.353. The number of fused-ring (bicyclic) bond motifs is 2. The minimum atomic E-state index is -4.41. The highest BCUT2D eigenvalue weighted by Crippen LogP contribution is 2.39. The van der Waals surface area contributed by atoms with Gasteiger partial charge in [-0.1, -0.05) is 36.4 Å². The Morgan fingerprint density at radius 2 is 0.900 bits per heavy atom. The van der Waals surface area contributed by atoms with Crippen molar-refractivity contribution in [3.8, 4) is 0 Å². The molecule has 14 nitrogen and oxygen atoms in total. The van der Waals surface area contributed by atoms with E-state index in [1.54, 1.807) is 0 Å². The fourth-order valence-electron chi connectivity index (χ4n) is 5.76. The lowest BCUT2D eigenvalue weighted by molar-refractivity contribution is -0.400. The first-order valence-corrected chi connectivity index (χ1v) is 17.9. The summed E-state index contributed by atoms with van der Waals surface area (Å²) >= 11 is 0. The van der Waals surface area contributed by atoms with Gasteiger partial charge in [0.05, 0.1) is 36.4 Å². The maximum Gasteiger partial charge on any atom is 0.217 e. The molecule has 0 atom stereocenters. The second-order valence-electron chi connectivity index (χ2n) is 12.4. The number of hydrazone groups is 2. The van der Waals surface area contributed by atoms with Crippen molar-refractivity contribution in [1.82, 2.24) is 0 Å². The molecule has 5 rings (SSSR count). The van der Waals surface area contributed by atoms with Crippen molar-refractivity contribution in [2.45, 2.75) is 38.5 Å². The Morgan fingerprint density at radius 3 is 1.16 bits per heavy atom. The van der Waals surface area contributed by atoms with Crippen LogP contribution < -0.4 is 10.0 Å². The normalized spacial score (nSPS) is 16.1. The molecule has 0 amide bonds. The van der Waals surface area contributed by atoms with E-state index in [2.05, 4.69) is 132 Å². The van der Waals surface area contributed by atoms with Crippen LogP contribution in [0.15, 0.2) is 83.0 Å². The molecule has 3 aromatic rings. The summed E-state index contributed by atoms with van der Waals surface area (Å²) in [7, 11) is 0.980. The molecule has 270 valence electrons. The van der Waals surface area contributed by atoms with E-state index in [4.69, 9.17) is 10.2 Å². The van der Waals surface area contributed by atoms with Crippen LogP contribution in [-0.2, 0) is 40.0 Å². The molecular weight excluding hydrogens is 685 g/mol. The van der Waals surface area contributed by atoms with Crippen LogP contribution in [0, 0.1) is 0 Å². The lowest BCUT2D eigenvalue weighted by Gasteiger charge is -2.18. The van der Waals surface area contributed by atoms with Gasteiger partial charge in [-0.15, -0.1) is 0 Å². The van der Waals surface area contributed by atoms with Crippen molar-refractivity contribution >= 4 is 67.4 Å². The minimum Gasteiger partial charge on any atom is -0.726 e. The molecule has 2 heterocycles. The quantitative estimate of drug-likeness (QED) is 0.108. The monoisotopic (exact) mass is 728 g/mol. The lowest BCUT2D eigenvalue weighted by atomic mass is 9.82. The smallest absolute Gasteiger partial charge is 0.217 e. The molecule has 0 aromatic heterocycles. The third-order valence-electron chi connectivity index (χ3n) is 8.59. The average Bonchev–Trinajstić information content (AvgIpc) is 3.39. The molecule has 0 spiro atoms. The Labute approximate surface area is 295 Å². The van der Waals surface area contributed by atoms with Crippen LogP contribution in [0.5, 0.6) is 0 Å². The highest BCUT2D eigenvalue weighted by Gasteiger charge is 2.44. The Hall–Kier alpha value is -4.32. The minimum absolute atomic E-state index is 0.0956. The van der Waals surface area contributed by atoms with Crippen LogP contribution in [0.25, 0.3) is 0 Å². The molecule has 0 N–H and O–H groups in total. The van der Waals surface area contributed by atoms with Crippen LogP contribution in [0.4, 0.5) is 22.7 Å². The fourth-order valence-corrected chi connectivity index (χ4v) is 5.76. The molecule has 0 saturated carbocycles. The second-order valence-corrected chi connectivity index (χ2v) is 14.7. The highest BCUT2D eigenvalue weighted by atomic mass is 32.3. The number of hydrogen-bond donors (Lipinski definition) is 0. The Kier molecular flexibility index (Phi) is 12.6. The third-order valence-corrected chi connectivity index (χ3v) is 9.41. The van der Waals surface area contributed by atoms with Gasteiger partial charge in [0.1, 0.15) is 26.5 Å². The molecule has 2 aliphatic heterocycles.